The maximum Gasteiger partial charge on any atom is 0.176 e. The minimum atomic E-state index is -0.651. The molecule has 4 heteroatoms. The molecule has 1 aliphatic heterocycles. The van der Waals surface area contributed by atoms with Crippen LogP contribution in [0.2, 0.25) is 0 Å². The van der Waals surface area contributed by atoms with Crippen LogP contribution in [0, 0.1) is 18.3 Å². The number of phenolic OH excluding ortho intramolecular Hbond substituents is 1. The van der Waals surface area contributed by atoms with Crippen molar-refractivity contribution < 1.29 is 15.0 Å². The summed E-state index contributed by atoms with van der Waals surface area (Å²) in [6.07, 6.45) is 2.27. The first kappa shape index (κ1) is 19.2. The molecule has 2 fully saturated rings. The minimum Gasteiger partial charge on any atom is -0.508 e. The van der Waals surface area contributed by atoms with Gasteiger partial charge in [-0.05, 0) is 60.9 Å². The SMILES string of the molecule is Cc1ccc(CC2(O)C[C@H]3CN(CC(=O)c4ccc(O)cc4)C[C@@]3(C)C2)cc1. The molecule has 0 radical (unpaired) electrons. The van der Waals surface area contributed by atoms with Crippen LogP contribution in [0.25, 0.3) is 0 Å². The molecule has 0 bridgehead atoms. The fourth-order valence-corrected chi connectivity index (χ4v) is 5.31. The number of phenols is 1. The quantitative estimate of drug-likeness (QED) is 0.780. The van der Waals surface area contributed by atoms with Crippen LogP contribution < -0.4 is 0 Å². The summed E-state index contributed by atoms with van der Waals surface area (Å²) in [5.74, 6) is 0.668. The molecule has 148 valence electrons. The molecule has 28 heavy (non-hydrogen) atoms. The van der Waals surface area contributed by atoms with Crippen LogP contribution in [0.3, 0.4) is 0 Å². The Hall–Kier alpha value is -2.17. The van der Waals surface area contributed by atoms with Gasteiger partial charge in [-0.15, -0.1) is 0 Å². The molecule has 1 unspecified atom stereocenters. The van der Waals surface area contributed by atoms with E-state index in [1.807, 2.05) is 0 Å². The van der Waals surface area contributed by atoms with Crippen molar-refractivity contribution in [3.63, 3.8) is 0 Å². The van der Waals surface area contributed by atoms with Gasteiger partial charge in [-0.3, -0.25) is 9.69 Å². The Morgan fingerprint density at radius 3 is 2.46 bits per heavy atom. The summed E-state index contributed by atoms with van der Waals surface area (Å²) in [6.45, 7) is 6.44. The summed E-state index contributed by atoms with van der Waals surface area (Å²) in [5, 5.41) is 20.6. The lowest BCUT2D eigenvalue weighted by Gasteiger charge is -2.29. The Balaban J connectivity index is 1.38. The zero-order valence-corrected chi connectivity index (χ0v) is 16.7. The van der Waals surface area contributed by atoms with Gasteiger partial charge in [-0.25, -0.2) is 0 Å². The van der Waals surface area contributed by atoms with Crippen LogP contribution >= 0.6 is 0 Å². The number of nitrogens with zero attached hydrogens (tertiary/aromatic N) is 1. The zero-order valence-electron chi connectivity index (χ0n) is 16.7. The van der Waals surface area contributed by atoms with E-state index < -0.39 is 5.60 Å². The number of ketones is 1. The van der Waals surface area contributed by atoms with Crippen molar-refractivity contribution in [1.82, 2.24) is 4.90 Å². The Kier molecular flexibility index (Phi) is 4.80. The van der Waals surface area contributed by atoms with E-state index in [-0.39, 0.29) is 16.9 Å². The van der Waals surface area contributed by atoms with Crippen LogP contribution in [-0.4, -0.2) is 46.1 Å². The molecule has 2 aromatic rings. The number of rotatable bonds is 5. The van der Waals surface area contributed by atoms with Gasteiger partial charge in [-0.2, -0.15) is 0 Å². The second kappa shape index (κ2) is 7.02. The molecule has 1 aliphatic carbocycles. The number of Topliss-reactive ketones (excluding diaryl/α,β-unsaturated/α-hetero) is 1. The first-order valence-electron chi connectivity index (χ1n) is 10.1. The summed E-state index contributed by atoms with van der Waals surface area (Å²) in [4.78, 5) is 14.8. The predicted molar refractivity (Wildman–Crippen MR) is 110 cm³/mol. The lowest BCUT2D eigenvalue weighted by molar-refractivity contribution is 0.0291. The Labute approximate surface area is 166 Å². The number of aryl methyl sites for hydroxylation is 1. The predicted octanol–water partition coefficient (Wildman–Crippen LogP) is 3.59. The van der Waals surface area contributed by atoms with E-state index in [0.717, 1.165) is 25.9 Å². The third-order valence-corrected chi connectivity index (χ3v) is 6.62. The summed E-state index contributed by atoms with van der Waals surface area (Å²) in [7, 11) is 0. The number of aliphatic hydroxyl groups is 1. The van der Waals surface area contributed by atoms with Gasteiger partial charge < -0.3 is 10.2 Å². The highest BCUT2D eigenvalue weighted by molar-refractivity contribution is 5.97. The maximum absolute atomic E-state index is 12.6. The normalized spacial score (nSPS) is 29.8. The molecule has 4 rings (SSSR count). The molecular formula is C24H29NO3. The molecule has 2 aliphatic rings. The van der Waals surface area contributed by atoms with E-state index in [4.69, 9.17) is 0 Å². The van der Waals surface area contributed by atoms with Crippen molar-refractivity contribution in [2.75, 3.05) is 19.6 Å². The third kappa shape index (κ3) is 3.85. The minimum absolute atomic E-state index is 0.0503. The highest BCUT2D eigenvalue weighted by atomic mass is 16.3. The van der Waals surface area contributed by atoms with Gasteiger partial charge >= 0.3 is 0 Å². The average Bonchev–Trinajstić information content (AvgIpc) is 3.04. The van der Waals surface area contributed by atoms with Gasteiger partial charge in [0.25, 0.3) is 0 Å². The molecule has 3 atom stereocenters. The number of hydrogen-bond acceptors (Lipinski definition) is 4. The van der Waals surface area contributed by atoms with E-state index in [9.17, 15) is 15.0 Å². The van der Waals surface area contributed by atoms with Crippen molar-refractivity contribution in [3.05, 3.63) is 65.2 Å². The van der Waals surface area contributed by atoms with Gasteiger partial charge in [0.2, 0.25) is 0 Å². The van der Waals surface area contributed by atoms with Crippen LogP contribution in [0.1, 0.15) is 41.3 Å². The van der Waals surface area contributed by atoms with Gasteiger partial charge in [0.1, 0.15) is 5.75 Å². The number of benzene rings is 2. The maximum atomic E-state index is 12.6. The molecule has 1 saturated heterocycles. The summed E-state index contributed by atoms with van der Waals surface area (Å²) in [5.41, 5.74) is 2.46. The largest absolute Gasteiger partial charge is 0.508 e. The standard InChI is InChI=1S/C24H29NO3/c1-17-3-5-18(6-4-17)11-24(28)12-20-13-25(16-23(20,2)15-24)14-22(27)19-7-9-21(26)10-8-19/h3-10,20,26,28H,11-16H2,1-2H3/t20-,23+,24?/m0/s1. The second-order valence-corrected chi connectivity index (χ2v) is 9.26. The lowest BCUT2D eigenvalue weighted by Crippen LogP contribution is -2.35. The smallest absolute Gasteiger partial charge is 0.176 e. The second-order valence-electron chi connectivity index (χ2n) is 9.26. The molecule has 1 saturated carbocycles. The van der Waals surface area contributed by atoms with Gasteiger partial charge in [-0.1, -0.05) is 36.8 Å². The third-order valence-electron chi connectivity index (χ3n) is 6.62. The van der Waals surface area contributed by atoms with E-state index >= 15 is 0 Å². The Morgan fingerprint density at radius 2 is 1.82 bits per heavy atom. The van der Waals surface area contributed by atoms with Crippen molar-refractivity contribution in [2.45, 2.75) is 38.7 Å². The number of carbonyl (C=O) groups is 1. The molecule has 4 nitrogen and oxygen atoms in total. The van der Waals surface area contributed by atoms with E-state index in [0.29, 0.717) is 24.4 Å². The highest BCUT2D eigenvalue weighted by Gasteiger charge is 2.55. The van der Waals surface area contributed by atoms with Gasteiger partial charge in [0.05, 0.1) is 12.1 Å². The van der Waals surface area contributed by atoms with Crippen molar-refractivity contribution >= 4 is 5.78 Å². The number of aromatic hydroxyl groups is 1. The number of hydrogen-bond donors (Lipinski definition) is 2. The van der Waals surface area contributed by atoms with Crippen LogP contribution in [-0.2, 0) is 6.42 Å². The molecule has 0 spiro atoms. The van der Waals surface area contributed by atoms with Crippen LogP contribution in [0.4, 0.5) is 0 Å². The molecule has 0 aromatic heterocycles. The van der Waals surface area contributed by atoms with Crippen LogP contribution in [0.5, 0.6) is 5.75 Å². The molecule has 1 heterocycles. The number of likely N-dealkylation sites (tertiary alicyclic amines) is 1. The van der Waals surface area contributed by atoms with Crippen molar-refractivity contribution in [3.8, 4) is 5.75 Å². The van der Waals surface area contributed by atoms with E-state index in [1.165, 1.54) is 11.1 Å². The van der Waals surface area contributed by atoms with Gasteiger partial charge in [0.15, 0.2) is 5.78 Å². The topological polar surface area (TPSA) is 60.8 Å². The lowest BCUT2D eigenvalue weighted by atomic mass is 9.82. The Bertz CT molecular complexity index is 860. The fourth-order valence-electron chi connectivity index (χ4n) is 5.31. The fraction of sp³-hybridized carbons (Fsp3) is 0.458. The number of carbonyl (C=O) groups excluding carboxylic acids is 1. The molecule has 2 N–H and O–H groups in total. The van der Waals surface area contributed by atoms with E-state index in [2.05, 4.69) is 43.0 Å². The molecular weight excluding hydrogens is 350 g/mol. The first-order chi connectivity index (χ1) is 13.2. The van der Waals surface area contributed by atoms with Crippen molar-refractivity contribution in [2.24, 2.45) is 11.3 Å². The monoisotopic (exact) mass is 379 g/mol. The van der Waals surface area contributed by atoms with Crippen molar-refractivity contribution in [1.29, 1.82) is 0 Å². The Morgan fingerprint density at radius 1 is 1.14 bits per heavy atom. The highest BCUT2D eigenvalue weighted by Crippen LogP contribution is 2.53. The molecule has 2 aromatic carbocycles. The van der Waals surface area contributed by atoms with Gasteiger partial charge in [0, 0.05) is 25.1 Å². The molecule has 0 amide bonds. The first-order valence-corrected chi connectivity index (χ1v) is 10.1. The summed E-state index contributed by atoms with van der Waals surface area (Å²) >= 11 is 0. The van der Waals surface area contributed by atoms with E-state index in [1.54, 1.807) is 24.3 Å². The number of fused-ring (bicyclic) bond motifs is 1. The van der Waals surface area contributed by atoms with Crippen LogP contribution in [0.15, 0.2) is 48.5 Å². The average molecular weight is 380 g/mol. The summed E-state index contributed by atoms with van der Waals surface area (Å²) in [6, 6.07) is 14.9. The summed E-state index contributed by atoms with van der Waals surface area (Å²) < 4.78 is 0. The zero-order chi connectivity index (χ0) is 19.9.